The number of hydrogen-bond acceptors (Lipinski definition) is 3. The summed E-state index contributed by atoms with van der Waals surface area (Å²) in [6.07, 6.45) is 0.583. The highest BCUT2D eigenvalue weighted by molar-refractivity contribution is 5.96. The Morgan fingerprint density at radius 3 is 2.61 bits per heavy atom. The number of pyridine rings is 1. The summed E-state index contributed by atoms with van der Waals surface area (Å²) in [6.45, 7) is 0. The smallest absolute Gasteiger partial charge is 0.303 e. The highest BCUT2D eigenvalue weighted by Crippen LogP contribution is 2.13. The number of carbonyl (C=O) groups excluding carboxylic acids is 1. The molecular weight excluding hydrogens is 230 g/mol. The van der Waals surface area contributed by atoms with Crippen LogP contribution >= 0.6 is 0 Å². The molecule has 0 saturated heterocycles. The maximum Gasteiger partial charge on any atom is 0.303 e. The molecule has 1 aromatic heterocycles. The van der Waals surface area contributed by atoms with Crippen LogP contribution in [0.15, 0.2) is 36.4 Å². The third kappa shape index (κ3) is 2.91. The van der Waals surface area contributed by atoms with E-state index in [2.05, 4.69) is 4.98 Å². The highest BCUT2D eigenvalue weighted by Gasteiger charge is 2.09. The van der Waals surface area contributed by atoms with Gasteiger partial charge in [0.15, 0.2) is 5.78 Å². The Morgan fingerprint density at radius 1 is 1.06 bits per heavy atom. The van der Waals surface area contributed by atoms with Crippen molar-refractivity contribution in [3.05, 3.63) is 42.1 Å². The van der Waals surface area contributed by atoms with Gasteiger partial charge in [0, 0.05) is 18.2 Å². The number of nitrogens with zero attached hydrogens (tertiary/aromatic N) is 1. The van der Waals surface area contributed by atoms with Crippen LogP contribution in [-0.4, -0.2) is 21.8 Å². The average Bonchev–Trinajstić information content (AvgIpc) is 2.37. The number of aromatic nitrogens is 1. The van der Waals surface area contributed by atoms with Crippen molar-refractivity contribution in [2.24, 2.45) is 0 Å². The van der Waals surface area contributed by atoms with Crippen molar-refractivity contribution in [1.29, 1.82) is 0 Å². The number of para-hydroxylation sites is 1. The summed E-state index contributed by atoms with van der Waals surface area (Å²) in [6, 6.07) is 11.1. The number of carboxylic acids is 1. The Labute approximate surface area is 104 Å². The van der Waals surface area contributed by atoms with Crippen LogP contribution in [0.1, 0.15) is 29.8 Å². The van der Waals surface area contributed by atoms with Crippen LogP contribution in [0.5, 0.6) is 0 Å². The summed E-state index contributed by atoms with van der Waals surface area (Å²) in [5, 5.41) is 9.50. The molecule has 4 nitrogen and oxygen atoms in total. The van der Waals surface area contributed by atoms with Crippen LogP contribution in [0.3, 0.4) is 0 Å². The Hall–Kier alpha value is -2.23. The molecule has 2 rings (SSSR count). The zero-order valence-corrected chi connectivity index (χ0v) is 9.80. The summed E-state index contributed by atoms with van der Waals surface area (Å²) in [5.74, 6) is -0.990. The second-order valence-corrected chi connectivity index (χ2v) is 4.06. The number of carboxylic acid groups (broad SMARTS) is 1. The number of hydrogen-bond donors (Lipinski definition) is 1. The van der Waals surface area contributed by atoms with E-state index in [-0.39, 0.29) is 18.6 Å². The minimum Gasteiger partial charge on any atom is -0.481 e. The van der Waals surface area contributed by atoms with Gasteiger partial charge in [-0.15, -0.1) is 0 Å². The maximum atomic E-state index is 11.8. The maximum absolute atomic E-state index is 11.8. The third-order valence-corrected chi connectivity index (χ3v) is 2.68. The molecule has 0 radical (unpaired) electrons. The van der Waals surface area contributed by atoms with Crippen molar-refractivity contribution in [3.63, 3.8) is 0 Å². The van der Waals surface area contributed by atoms with E-state index in [1.165, 1.54) is 0 Å². The molecule has 1 aromatic carbocycles. The third-order valence-electron chi connectivity index (χ3n) is 2.68. The normalized spacial score (nSPS) is 10.4. The van der Waals surface area contributed by atoms with Gasteiger partial charge in [-0.2, -0.15) is 0 Å². The van der Waals surface area contributed by atoms with Gasteiger partial charge in [0.1, 0.15) is 5.69 Å². The molecule has 0 spiro atoms. The Morgan fingerprint density at radius 2 is 1.83 bits per heavy atom. The van der Waals surface area contributed by atoms with Crippen LogP contribution in [-0.2, 0) is 4.79 Å². The van der Waals surface area contributed by atoms with Gasteiger partial charge >= 0.3 is 5.97 Å². The fourth-order valence-electron chi connectivity index (χ4n) is 1.75. The summed E-state index contributed by atoms with van der Waals surface area (Å²) in [4.78, 5) is 26.5. The predicted octanol–water partition coefficient (Wildman–Crippen LogP) is 2.67. The molecule has 0 amide bonds. The first-order valence-corrected chi connectivity index (χ1v) is 5.77. The van der Waals surface area contributed by atoms with Gasteiger partial charge in [-0.25, -0.2) is 4.98 Å². The van der Waals surface area contributed by atoms with Crippen LogP contribution < -0.4 is 0 Å². The lowest BCUT2D eigenvalue weighted by atomic mass is 10.1. The number of ketones is 1. The highest BCUT2D eigenvalue weighted by atomic mass is 16.4. The van der Waals surface area contributed by atoms with Crippen molar-refractivity contribution < 1.29 is 14.7 Å². The number of aliphatic carboxylic acids is 1. The van der Waals surface area contributed by atoms with Crippen molar-refractivity contribution in [3.8, 4) is 0 Å². The van der Waals surface area contributed by atoms with Gasteiger partial charge in [-0.05, 0) is 18.6 Å². The van der Waals surface area contributed by atoms with Gasteiger partial charge < -0.3 is 5.11 Å². The number of rotatable bonds is 5. The van der Waals surface area contributed by atoms with Crippen molar-refractivity contribution in [1.82, 2.24) is 4.98 Å². The first-order valence-electron chi connectivity index (χ1n) is 5.77. The van der Waals surface area contributed by atoms with E-state index < -0.39 is 5.97 Å². The molecule has 2 aromatic rings. The van der Waals surface area contributed by atoms with Crippen LogP contribution in [0.25, 0.3) is 10.9 Å². The molecule has 1 heterocycles. The summed E-state index contributed by atoms with van der Waals surface area (Å²) in [5.41, 5.74) is 1.18. The van der Waals surface area contributed by atoms with Crippen LogP contribution in [0.2, 0.25) is 0 Å². The van der Waals surface area contributed by atoms with E-state index in [1.807, 2.05) is 30.3 Å². The zero-order chi connectivity index (χ0) is 13.0. The Balaban J connectivity index is 2.10. The molecule has 4 heteroatoms. The molecule has 0 fully saturated rings. The van der Waals surface area contributed by atoms with Crippen LogP contribution in [0, 0.1) is 0 Å². The molecule has 1 N–H and O–H groups in total. The second-order valence-electron chi connectivity index (χ2n) is 4.06. The summed E-state index contributed by atoms with van der Waals surface area (Å²) in [7, 11) is 0. The van der Waals surface area contributed by atoms with Crippen molar-refractivity contribution in [2.75, 3.05) is 0 Å². The molecule has 0 aliphatic rings. The van der Waals surface area contributed by atoms with E-state index in [4.69, 9.17) is 5.11 Å². The van der Waals surface area contributed by atoms with Crippen molar-refractivity contribution in [2.45, 2.75) is 19.3 Å². The Bertz CT molecular complexity index is 592. The molecule has 18 heavy (non-hydrogen) atoms. The lowest BCUT2D eigenvalue weighted by molar-refractivity contribution is -0.137. The van der Waals surface area contributed by atoms with Gasteiger partial charge in [-0.1, -0.05) is 24.3 Å². The van der Waals surface area contributed by atoms with Gasteiger partial charge in [0.05, 0.1) is 5.52 Å². The SMILES string of the molecule is O=C(O)CCCC(=O)c1ccc2ccccc2n1. The van der Waals surface area contributed by atoms with E-state index in [0.29, 0.717) is 12.1 Å². The van der Waals surface area contributed by atoms with E-state index in [0.717, 1.165) is 10.9 Å². The lowest BCUT2D eigenvalue weighted by Crippen LogP contribution is -2.04. The summed E-state index contributed by atoms with van der Waals surface area (Å²) < 4.78 is 0. The lowest BCUT2D eigenvalue weighted by Gasteiger charge is -2.01. The molecular formula is C14H13NO3. The Kier molecular flexibility index (Phi) is 3.67. The molecule has 0 atom stereocenters. The number of fused-ring (bicyclic) bond motifs is 1. The van der Waals surface area contributed by atoms with Crippen LogP contribution in [0.4, 0.5) is 0 Å². The number of benzene rings is 1. The topological polar surface area (TPSA) is 67.3 Å². The van der Waals surface area contributed by atoms with Gasteiger partial charge in [-0.3, -0.25) is 9.59 Å². The van der Waals surface area contributed by atoms with Gasteiger partial charge in [0.25, 0.3) is 0 Å². The quantitative estimate of drug-likeness (QED) is 0.820. The zero-order valence-electron chi connectivity index (χ0n) is 9.80. The molecule has 0 bridgehead atoms. The average molecular weight is 243 g/mol. The van der Waals surface area contributed by atoms with Gasteiger partial charge in [0.2, 0.25) is 0 Å². The fraction of sp³-hybridized carbons (Fsp3) is 0.214. The second kappa shape index (κ2) is 5.40. The fourth-order valence-corrected chi connectivity index (χ4v) is 1.75. The monoisotopic (exact) mass is 243 g/mol. The number of carbonyl (C=O) groups is 2. The minimum absolute atomic E-state index is 0.0132. The largest absolute Gasteiger partial charge is 0.481 e. The number of Topliss-reactive ketones (excluding diaryl/α,β-unsaturated/α-hetero) is 1. The summed E-state index contributed by atoms with van der Waals surface area (Å²) >= 11 is 0. The van der Waals surface area contributed by atoms with E-state index in [9.17, 15) is 9.59 Å². The standard InChI is InChI=1S/C14H13NO3/c16-13(6-3-7-14(17)18)12-9-8-10-4-1-2-5-11(10)15-12/h1-2,4-5,8-9H,3,6-7H2,(H,17,18). The van der Waals surface area contributed by atoms with Crippen molar-refractivity contribution >= 4 is 22.7 Å². The molecule has 0 saturated carbocycles. The predicted molar refractivity (Wildman–Crippen MR) is 67.6 cm³/mol. The molecule has 0 unspecified atom stereocenters. The minimum atomic E-state index is -0.880. The van der Waals surface area contributed by atoms with E-state index in [1.54, 1.807) is 6.07 Å². The molecule has 92 valence electrons. The molecule has 0 aliphatic heterocycles. The first-order chi connectivity index (χ1) is 8.66. The first kappa shape index (κ1) is 12.2. The van der Waals surface area contributed by atoms with E-state index >= 15 is 0 Å². The molecule has 0 aliphatic carbocycles.